The van der Waals surface area contributed by atoms with E-state index < -0.39 is 0 Å². The predicted octanol–water partition coefficient (Wildman–Crippen LogP) is 5.97. The van der Waals surface area contributed by atoms with Crippen LogP contribution in [0.3, 0.4) is 0 Å². The van der Waals surface area contributed by atoms with Crippen molar-refractivity contribution in [2.24, 2.45) is 56.7 Å². The van der Waals surface area contributed by atoms with E-state index >= 15 is 0 Å². The van der Waals surface area contributed by atoms with Crippen molar-refractivity contribution < 1.29 is 15.3 Å². The molecule has 0 aliphatic heterocycles. The maximum Gasteiger partial charge on any atom is 0.0614 e. The Morgan fingerprint density at radius 3 is 2.15 bits per heavy atom. The van der Waals surface area contributed by atoms with Gasteiger partial charge in [0.05, 0.1) is 18.3 Å². The lowest BCUT2D eigenvalue weighted by Gasteiger charge is -2.70. The summed E-state index contributed by atoms with van der Waals surface area (Å²) in [7, 11) is 0. The Hall–Kier alpha value is -0.380. The molecule has 33 heavy (non-hydrogen) atoms. The molecular formula is C30H50O3. The summed E-state index contributed by atoms with van der Waals surface area (Å²) in [5.41, 5.74) is 1.51. The van der Waals surface area contributed by atoms with Crippen LogP contribution in [0.15, 0.2) is 11.6 Å². The standard InChI is InChI=1S/C30H50O3/c1-17(2)19-15-21(32)25-28(19,6)13-14-29(7)24-18(9-12-30(25,29)8)27(5)11-10-23(33)26(3,4)22(27)16-20(24)31/h9,17,19-25,31-33H,10-16H2,1-8H3/t19-,20-,21-,22+,23+,24-,25-,27-,28-,29-,30+/m1/s1. The number of aliphatic hydroxyl groups is 3. The van der Waals surface area contributed by atoms with Gasteiger partial charge in [0.15, 0.2) is 0 Å². The van der Waals surface area contributed by atoms with E-state index in [1.54, 1.807) is 0 Å². The van der Waals surface area contributed by atoms with Crippen molar-refractivity contribution in [2.75, 3.05) is 0 Å². The number of rotatable bonds is 1. The van der Waals surface area contributed by atoms with E-state index in [0.717, 1.165) is 44.9 Å². The summed E-state index contributed by atoms with van der Waals surface area (Å²) in [6.07, 6.45) is 8.51. The number of fused-ring (bicyclic) bond motifs is 7. The highest BCUT2D eigenvalue weighted by molar-refractivity contribution is 5.35. The molecule has 3 nitrogen and oxygen atoms in total. The maximum absolute atomic E-state index is 11.8. The summed E-state index contributed by atoms with van der Waals surface area (Å²) in [6, 6.07) is 0. The lowest BCUT2D eigenvalue weighted by Crippen LogP contribution is -2.66. The van der Waals surface area contributed by atoms with Gasteiger partial charge in [0.25, 0.3) is 0 Å². The van der Waals surface area contributed by atoms with Gasteiger partial charge in [0.2, 0.25) is 0 Å². The molecule has 5 rings (SSSR count). The molecule has 0 aromatic rings. The SMILES string of the molecule is CC(C)[C@H]1C[C@@H](O)[C@@H]2[C@]1(C)CC[C@]1(C)[C@@H]3C(=CC[C@@]21C)[C@@]1(C)CC[C@H](O)C(C)(C)[C@@H]1C[C@H]3O. The lowest BCUT2D eigenvalue weighted by atomic mass is 9.35. The molecule has 3 N–H and O–H groups in total. The molecule has 0 aromatic heterocycles. The van der Waals surface area contributed by atoms with Gasteiger partial charge in [0, 0.05) is 5.92 Å². The molecule has 5 aliphatic rings. The fraction of sp³-hybridized carbons (Fsp3) is 0.933. The van der Waals surface area contributed by atoms with Gasteiger partial charge in [-0.3, -0.25) is 0 Å². The number of hydrogen-bond donors (Lipinski definition) is 3. The van der Waals surface area contributed by atoms with Crippen molar-refractivity contribution in [3.05, 3.63) is 11.6 Å². The topological polar surface area (TPSA) is 60.7 Å². The second-order valence-electron chi connectivity index (χ2n) is 15.0. The summed E-state index contributed by atoms with van der Waals surface area (Å²) in [5.74, 6) is 1.92. The predicted molar refractivity (Wildman–Crippen MR) is 133 cm³/mol. The lowest BCUT2D eigenvalue weighted by molar-refractivity contribution is -0.202. The first-order valence-electron chi connectivity index (χ1n) is 13.9. The number of hydrogen-bond acceptors (Lipinski definition) is 3. The Bertz CT molecular complexity index is 845. The average molecular weight is 459 g/mol. The minimum absolute atomic E-state index is 0.00883. The molecule has 0 radical (unpaired) electrons. The molecule has 0 saturated heterocycles. The van der Waals surface area contributed by atoms with Gasteiger partial charge in [-0.05, 0) is 95.7 Å². The largest absolute Gasteiger partial charge is 0.393 e. The third-order valence-corrected chi connectivity index (χ3v) is 13.2. The smallest absolute Gasteiger partial charge is 0.0614 e. The van der Waals surface area contributed by atoms with Crippen LogP contribution in [-0.4, -0.2) is 33.6 Å². The monoisotopic (exact) mass is 458 g/mol. The van der Waals surface area contributed by atoms with E-state index in [2.05, 4.69) is 61.5 Å². The summed E-state index contributed by atoms with van der Waals surface area (Å²) >= 11 is 0. The first-order chi connectivity index (χ1) is 15.1. The summed E-state index contributed by atoms with van der Waals surface area (Å²) < 4.78 is 0. The van der Waals surface area contributed by atoms with Gasteiger partial charge in [-0.25, -0.2) is 0 Å². The van der Waals surface area contributed by atoms with Gasteiger partial charge in [-0.2, -0.15) is 0 Å². The number of aliphatic hydroxyl groups excluding tert-OH is 3. The van der Waals surface area contributed by atoms with Crippen molar-refractivity contribution >= 4 is 0 Å². The summed E-state index contributed by atoms with van der Waals surface area (Å²) in [5, 5.41) is 34.2. The molecule has 0 unspecified atom stereocenters. The van der Waals surface area contributed by atoms with Crippen LogP contribution in [0, 0.1) is 56.7 Å². The van der Waals surface area contributed by atoms with Crippen molar-refractivity contribution in [1.29, 1.82) is 0 Å². The third-order valence-electron chi connectivity index (χ3n) is 13.2. The highest BCUT2D eigenvalue weighted by Crippen LogP contribution is 2.76. The minimum atomic E-state index is -0.368. The Morgan fingerprint density at radius 1 is 0.848 bits per heavy atom. The van der Waals surface area contributed by atoms with E-state index in [4.69, 9.17) is 0 Å². The van der Waals surface area contributed by atoms with Crippen molar-refractivity contribution in [2.45, 2.75) is 119 Å². The molecule has 3 heteroatoms. The van der Waals surface area contributed by atoms with Gasteiger partial charge in [-0.15, -0.1) is 0 Å². The van der Waals surface area contributed by atoms with E-state index in [-0.39, 0.29) is 57.2 Å². The fourth-order valence-corrected chi connectivity index (χ4v) is 11.2. The first-order valence-corrected chi connectivity index (χ1v) is 13.9. The maximum atomic E-state index is 11.8. The van der Waals surface area contributed by atoms with E-state index in [1.807, 2.05) is 0 Å². The van der Waals surface area contributed by atoms with Crippen molar-refractivity contribution in [3.8, 4) is 0 Å². The molecule has 0 bridgehead atoms. The summed E-state index contributed by atoms with van der Waals surface area (Å²) in [4.78, 5) is 0. The molecule has 0 amide bonds. The van der Waals surface area contributed by atoms with Gasteiger partial charge in [0.1, 0.15) is 0 Å². The zero-order valence-electron chi connectivity index (χ0n) is 22.5. The molecule has 0 heterocycles. The van der Waals surface area contributed by atoms with Crippen LogP contribution in [0.5, 0.6) is 0 Å². The molecule has 4 fully saturated rings. The van der Waals surface area contributed by atoms with Crippen LogP contribution in [0.2, 0.25) is 0 Å². The van der Waals surface area contributed by atoms with Crippen LogP contribution in [0.25, 0.3) is 0 Å². The molecule has 4 saturated carbocycles. The second-order valence-corrected chi connectivity index (χ2v) is 15.0. The second kappa shape index (κ2) is 7.10. The van der Waals surface area contributed by atoms with Crippen LogP contribution in [0.1, 0.15) is 100 Å². The van der Waals surface area contributed by atoms with Crippen LogP contribution >= 0.6 is 0 Å². The van der Waals surface area contributed by atoms with Gasteiger partial charge in [-0.1, -0.05) is 67.0 Å². The normalized spacial score (nSPS) is 57.6. The van der Waals surface area contributed by atoms with Crippen molar-refractivity contribution in [1.82, 2.24) is 0 Å². The highest BCUT2D eigenvalue weighted by Gasteiger charge is 2.71. The molecule has 5 aliphatic carbocycles. The molecular weight excluding hydrogens is 408 g/mol. The van der Waals surface area contributed by atoms with Crippen molar-refractivity contribution in [3.63, 3.8) is 0 Å². The zero-order chi connectivity index (χ0) is 24.4. The third kappa shape index (κ3) is 2.80. The Kier molecular flexibility index (Phi) is 5.23. The van der Waals surface area contributed by atoms with E-state index in [0.29, 0.717) is 17.8 Å². The summed E-state index contributed by atoms with van der Waals surface area (Å²) in [6.45, 7) is 19.0. The fourth-order valence-electron chi connectivity index (χ4n) is 11.2. The van der Waals surface area contributed by atoms with E-state index in [9.17, 15) is 15.3 Å². The molecule has 188 valence electrons. The molecule has 0 aromatic carbocycles. The number of allylic oxidation sites excluding steroid dienone is 1. The zero-order valence-corrected chi connectivity index (χ0v) is 22.5. The first kappa shape index (κ1) is 24.3. The Labute approximate surface area is 202 Å². The Balaban J connectivity index is 1.61. The van der Waals surface area contributed by atoms with Crippen LogP contribution in [0.4, 0.5) is 0 Å². The van der Waals surface area contributed by atoms with E-state index in [1.165, 1.54) is 5.57 Å². The van der Waals surface area contributed by atoms with Crippen LogP contribution < -0.4 is 0 Å². The van der Waals surface area contributed by atoms with Crippen LogP contribution in [-0.2, 0) is 0 Å². The average Bonchev–Trinajstić information content (AvgIpc) is 3.00. The molecule has 0 spiro atoms. The Morgan fingerprint density at radius 2 is 1.52 bits per heavy atom. The van der Waals surface area contributed by atoms with Gasteiger partial charge < -0.3 is 15.3 Å². The quantitative estimate of drug-likeness (QED) is 0.425. The minimum Gasteiger partial charge on any atom is -0.393 e. The molecule has 11 atom stereocenters. The highest BCUT2D eigenvalue weighted by atomic mass is 16.3. The van der Waals surface area contributed by atoms with Gasteiger partial charge >= 0.3 is 0 Å².